The quantitative estimate of drug-likeness (QED) is 0.665. The number of amides is 3. The molecule has 0 bridgehead atoms. The van der Waals surface area contributed by atoms with Gasteiger partial charge in [0.25, 0.3) is 5.91 Å². The molecule has 3 N–H and O–H groups in total. The van der Waals surface area contributed by atoms with E-state index in [9.17, 15) is 9.59 Å². The Morgan fingerprint density at radius 3 is 2.83 bits per heavy atom. The zero-order valence-electron chi connectivity index (χ0n) is 11.1. The van der Waals surface area contributed by atoms with Crippen molar-refractivity contribution in [2.75, 3.05) is 20.2 Å². The van der Waals surface area contributed by atoms with Crippen molar-refractivity contribution >= 4 is 11.9 Å². The number of hydrogen-bond donors (Lipinski definition) is 3. The molecule has 1 fully saturated rings. The molecular formula is C12H23N3O3. The Labute approximate surface area is 108 Å². The Morgan fingerprint density at radius 2 is 2.22 bits per heavy atom. The van der Waals surface area contributed by atoms with Crippen LogP contribution >= 0.6 is 0 Å². The number of nitrogens with one attached hydrogen (secondary N) is 3. The van der Waals surface area contributed by atoms with Crippen molar-refractivity contribution in [1.82, 2.24) is 16.0 Å². The van der Waals surface area contributed by atoms with Crippen LogP contribution in [-0.2, 0) is 9.53 Å². The summed E-state index contributed by atoms with van der Waals surface area (Å²) in [6.07, 6.45) is 3.96. The third-order valence-electron chi connectivity index (χ3n) is 3.08. The smallest absolute Gasteiger partial charge is 0.321 e. The van der Waals surface area contributed by atoms with Crippen molar-refractivity contribution in [2.24, 2.45) is 0 Å². The predicted octanol–water partition coefficient (Wildman–Crippen LogP) is 0.379. The molecule has 6 heteroatoms. The van der Waals surface area contributed by atoms with Crippen molar-refractivity contribution in [3.05, 3.63) is 0 Å². The number of carbonyl (C=O) groups is 2. The summed E-state index contributed by atoms with van der Waals surface area (Å²) in [7, 11) is 1.46. The lowest BCUT2D eigenvalue weighted by Gasteiger charge is -2.23. The van der Waals surface area contributed by atoms with Gasteiger partial charge in [0, 0.05) is 19.7 Å². The molecule has 1 heterocycles. The topological polar surface area (TPSA) is 79.5 Å². The minimum absolute atomic E-state index is 0.411. The van der Waals surface area contributed by atoms with Gasteiger partial charge in [-0.05, 0) is 32.7 Å². The average molecular weight is 257 g/mol. The van der Waals surface area contributed by atoms with Crippen molar-refractivity contribution in [3.63, 3.8) is 0 Å². The van der Waals surface area contributed by atoms with E-state index in [4.69, 9.17) is 4.74 Å². The van der Waals surface area contributed by atoms with E-state index in [1.54, 1.807) is 6.92 Å². The highest BCUT2D eigenvalue weighted by Gasteiger charge is 2.17. The first-order valence-electron chi connectivity index (χ1n) is 6.51. The molecule has 0 spiro atoms. The Morgan fingerprint density at radius 1 is 1.44 bits per heavy atom. The molecular weight excluding hydrogens is 234 g/mol. The third kappa shape index (κ3) is 5.46. The van der Waals surface area contributed by atoms with Gasteiger partial charge in [-0.25, -0.2) is 4.79 Å². The van der Waals surface area contributed by atoms with Crippen LogP contribution in [0.5, 0.6) is 0 Å². The Bertz CT molecular complexity index is 278. The largest absolute Gasteiger partial charge is 0.369 e. The maximum Gasteiger partial charge on any atom is 0.321 e. The van der Waals surface area contributed by atoms with Crippen LogP contribution in [0.2, 0.25) is 0 Å². The molecule has 1 saturated heterocycles. The van der Waals surface area contributed by atoms with Crippen LogP contribution in [-0.4, -0.2) is 44.3 Å². The van der Waals surface area contributed by atoms with E-state index >= 15 is 0 Å². The molecule has 0 aromatic heterocycles. The lowest BCUT2D eigenvalue weighted by atomic mass is 10.0. The van der Waals surface area contributed by atoms with Gasteiger partial charge in [0.2, 0.25) is 0 Å². The van der Waals surface area contributed by atoms with Gasteiger partial charge in [-0.1, -0.05) is 6.42 Å². The standard InChI is InChI=1S/C12H23N3O3/c1-9(11(16)15-12(17)13-2)18-8-6-10-5-3-4-7-14-10/h9-10,14H,3-8H2,1-2H3,(H2,13,15,16,17). The summed E-state index contributed by atoms with van der Waals surface area (Å²) < 4.78 is 5.42. The summed E-state index contributed by atoms with van der Waals surface area (Å²) in [6.45, 7) is 3.24. The van der Waals surface area contributed by atoms with Gasteiger partial charge in [-0.3, -0.25) is 10.1 Å². The average Bonchev–Trinajstić information content (AvgIpc) is 2.39. The Kier molecular flexibility index (Phi) is 6.67. The molecule has 0 saturated carbocycles. The van der Waals surface area contributed by atoms with E-state index in [2.05, 4.69) is 16.0 Å². The van der Waals surface area contributed by atoms with E-state index in [0.717, 1.165) is 13.0 Å². The SMILES string of the molecule is CNC(=O)NC(=O)C(C)OCCC1CCCCN1. The molecule has 3 amide bonds. The molecule has 0 aromatic rings. The maximum atomic E-state index is 11.5. The van der Waals surface area contributed by atoms with Crippen LogP contribution in [0.4, 0.5) is 4.79 Å². The number of hydrogen-bond acceptors (Lipinski definition) is 4. The highest BCUT2D eigenvalue weighted by atomic mass is 16.5. The fourth-order valence-corrected chi connectivity index (χ4v) is 1.91. The van der Waals surface area contributed by atoms with Crippen LogP contribution < -0.4 is 16.0 Å². The van der Waals surface area contributed by atoms with Crippen LogP contribution in [0, 0.1) is 0 Å². The molecule has 6 nitrogen and oxygen atoms in total. The second-order valence-electron chi connectivity index (χ2n) is 4.52. The number of imide groups is 1. The van der Waals surface area contributed by atoms with Crippen LogP contribution in [0.1, 0.15) is 32.6 Å². The fourth-order valence-electron chi connectivity index (χ4n) is 1.91. The van der Waals surface area contributed by atoms with Crippen LogP contribution in [0.15, 0.2) is 0 Å². The molecule has 2 atom stereocenters. The summed E-state index contributed by atoms with van der Waals surface area (Å²) >= 11 is 0. The van der Waals surface area contributed by atoms with Gasteiger partial charge in [-0.2, -0.15) is 0 Å². The summed E-state index contributed by atoms with van der Waals surface area (Å²) in [4.78, 5) is 22.4. The van der Waals surface area contributed by atoms with E-state index in [1.807, 2.05) is 0 Å². The lowest BCUT2D eigenvalue weighted by Crippen LogP contribution is -2.43. The Hall–Kier alpha value is -1.14. The van der Waals surface area contributed by atoms with Crippen LogP contribution in [0.3, 0.4) is 0 Å². The highest BCUT2D eigenvalue weighted by molar-refractivity contribution is 5.96. The zero-order valence-corrected chi connectivity index (χ0v) is 11.1. The molecule has 0 aromatic carbocycles. The molecule has 104 valence electrons. The molecule has 0 aliphatic carbocycles. The first-order chi connectivity index (χ1) is 8.63. The van der Waals surface area contributed by atoms with Crippen molar-refractivity contribution in [3.8, 4) is 0 Å². The van der Waals surface area contributed by atoms with E-state index in [-0.39, 0.29) is 0 Å². The summed E-state index contributed by atoms with van der Waals surface area (Å²) in [6, 6.07) is -0.0163. The second kappa shape index (κ2) is 8.05. The zero-order chi connectivity index (χ0) is 13.4. The summed E-state index contributed by atoms with van der Waals surface area (Å²) in [5.74, 6) is -0.411. The number of piperidine rings is 1. The minimum Gasteiger partial charge on any atom is -0.369 e. The predicted molar refractivity (Wildman–Crippen MR) is 68.3 cm³/mol. The number of urea groups is 1. The highest BCUT2D eigenvalue weighted by Crippen LogP contribution is 2.10. The minimum atomic E-state index is -0.606. The monoisotopic (exact) mass is 257 g/mol. The molecule has 2 unspecified atom stereocenters. The number of rotatable bonds is 5. The Balaban J connectivity index is 2.13. The van der Waals surface area contributed by atoms with E-state index in [1.165, 1.54) is 26.3 Å². The molecule has 0 radical (unpaired) electrons. The third-order valence-corrected chi connectivity index (χ3v) is 3.08. The summed E-state index contributed by atoms with van der Waals surface area (Å²) in [5, 5.41) is 7.93. The van der Waals surface area contributed by atoms with Crippen LogP contribution in [0.25, 0.3) is 0 Å². The number of ether oxygens (including phenoxy) is 1. The van der Waals surface area contributed by atoms with Gasteiger partial charge in [0.15, 0.2) is 0 Å². The summed E-state index contributed by atoms with van der Waals surface area (Å²) in [5.41, 5.74) is 0. The van der Waals surface area contributed by atoms with Gasteiger partial charge >= 0.3 is 6.03 Å². The van der Waals surface area contributed by atoms with Gasteiger partial charge in [-0.15, -0.1) is 0 Å². The second-order valence-corrected chi connectivity index (χ2v) is 4.52. The molecule has 1 rings (SSSR count). The maximum absolute atomic E-state index is 11.5. The van der Waals surface area contributed by atoms with Gasteiger partial charge in [0.1, 0.15) is 6.10 Å². The normalized spacial score (nSPS) is 21.1. The van der Waals surface area contributed by atoms with Gasteiger partial charge in [0.05, 0.1) is 0 Å². The van der Waals surface area contributed by atoms with E-state index in [0.29, 0.717) is 12.6 Å². The number of carbonyl (C=O) groups excluding carboxylic acids is 2. The van der Waals surface area contributed by atoms with E-state index < -0.39 is 18.0 Å². The van der Waals surface area contributed by atoms with Gasteiger partial charge < -0.3 is 15.4 Å². The van der Waals surface area contributed by atoms with Crippen molar-refractivity contribution in [1.29, 1.82) is 0 Å². The first-order valence-corrected chi connectivity index (χ1v) is 6.51. The molecule has 1 aliphatic heterocycles. The molecule has 18 heavy (non-hydrogen) atoms. The lowest BCUT2D eigenvalue weighted by molar-refractivity contribution is -0.130. The fraction of sp³-hybridized carbons (Fsp3) is 0.833. The van der Waals surface area contributed by atoms with Crippen molar-refractivity contribution in [2.45, 2.75) is 44.8 Å². The first kappa shape index (κ1) is 14.9. The van der Waals surface area contributed by atoms with Crippen molar-refractivity contribution < 1.29 is 14.3 Å². The molecule has 1 aliphatic rings.